The standard InChI is InChI=1S/C21H29N5O3.C6H13NO/c1-15-22-20(24-23-15)14-21(27)26-11-9-25(10-12-26)16-7-8-18(28-2)19(13-16)29-17-5-3-4-6-17;1-2-7-3-5-8-6-4-7/h7-8,13,17H,3-6,9-12,14H2,1-2H3,(H,22,23,24);2-6H2,1H3. The third kappa shape index (κ3) is 7.82. The van der Waals surface area contributed by atoms with E-state index in [0.717, 1.165) is 75.2 Å². The summed E-state index contributed by atoms with van der Waals surface area (Å²) >= 11 is 0. The molecule has 2 aliphatic heterocycles. The zero-order valence-corrected chi connectivity index (χ0v) is 22.6. The lowest BCUT2D eigenvalue weighted by molar-refractivity contribution is -0.130. The molecule has 1 N–H and O–H groups in total. The van der Waals surface area contributed by atoms with Crippen LogP contribution in [0.15, 0.2) is 18.2 Å². The number of H-pyrrole nitrogens is 1. The number of morpholine rings is 1. The molecule has 1 aromatic carbocycles. The van der Waals surface area contributed by atoms with Gasteiger partial charge in [0, 0.05) is 51.0 Å². The largest absolute Gasteiger partial charge is 0.493 e. The van der Waals surface area contributed by atoms with E-state index in [4.69, 9.17) is 14.2 Å². The minimum absolute atomic E-state index is 0.0728. The van der Waals surface area contributed by atoms with Gasteiger partial charge in [-0.25, -0.2) is 4.98 Å². The van der Waals surface area contributed by atoms with Crippen molar-refractivity contribution in [3.63, 3.8) is 0 Å². The third-order valence-corrected chi connectivity index (χ3v) is 7.24. The van der Waals surface area contributed by atoms with Gasteiger partial charge in [0.05, 0.1) is 32.8 Å². The summed E-state index contributed by atoms with van der Waals surface area (Å²) in [5.74, 6) is 2.95. The quantitative estimate of drug-likeness (QED) is 0.603. The molecule has 10 heteroatoms. The molecule has 1 saturated carbocycles. The molecule has 3 fully saturated rings. The number of hydrogen-bond acceptors (Lipinski definition) is 8. The van der Waals surface area contributed by atoms with Gasteiger partial charge in [0.15, 0.2) is 17.3 Å². The van der Waals surface area contributed by atoms with Gasteiger partial charge in [0.25, 0.3) is 0 Å². The fourth-order valence-electron chi connectivity index (χ4n) is 4.99. The normalized spacial score (nSPS) is 18.9. The lowest BCUT2D eigenvalue weighted by atomic mass is 10.2. The number of benzene rings is 1. The van der Waals surface area contributed by atoms with Crippen LogP contribution in [0.1, 0.15) is 44.3 Å². The highest BCUT2D eigenvalue weighted by molar-refractivity contribution is 5.78. The summed E-state index contributed by atoms with van der Waals surface area (Å²) < 4.78 is 16.9. The van der Waals surface area contributed by atoms with Gasteiger partial charge in [0.1, 0.15) is 5.82 Å². The summed E-state index contributed by atoms with van der Waals surface area (Å²) in [5, 5.41) is 6.84. The molecule has 5 rings (SSSR count). The zero-order valence-electron chi connectivity index (χ0n) is 22.6. The van der Waals surface area contributed by atoms with Gasteiger partial charge < -0.3 is 24.0 Å². The number of nitrogens with one attached hydrogen (secondary N) is 1. The minimum atomic E-state index is 0.0728. The molecule has 0 unspecified atom stereocenters. The Balaban J connectivity index is 0.000000342. The molecule has 0 radical (unpaired) electrons. The van der Waals surface area contributed by atoms with Crippen LogP contribution in [0, 0.1) is 6.92 Å². The van der Waals surface area contributed by atoms with Crippen LogP contribution in [-0.4, -0.2) is 103 Å². The SMILES string of the molecule is CCN1CCOCC1.COc1ccc(N2CCN(C(=O)Cc3n[nH]c(C)n3)CC2)cc1OC1CCCC1. The number of ether oxygens (including phenoxy) is 3. The number of nitrogens with zero attached hydrogens (tertiary/aromatic N) is 5. The number of aryl methyl sites for hydroxylation is 1. The first-order valence-electron chi connectivity index (χ1n) is 13.6. The summed E-state index contributed by atoms with van der Waals surface area (Å²) in [7, 11) is 1.68. The van der Waals surface area contributed by atoms with E-state index in [1.165, 1.54) is 19.4 Å². The molecule has 37 heavy (non-hydrogen) atoms. The Hall–Kier alpha value is -2.85. The van der Waals surface area contributed by atoms with E-state index in [1.807, 2.05) is 17.9 Å². The molecule has 3 aliphatic rings. The van der Waals surface area contributed by atoms with Crippen molar-refractivity contribution < 1.29 is 19.0 Å². The van der Waals surface area contributed by atoms with Gasteiger partial charge >= 0.3 is 0 Å². The van der Waals surface area contributed by atoms with E-state index in [0.29, 0.717) is 18.9 Å². The summed E-state index contributed by atoms with van der Waals surface area (Å²) in [4.78, 5) is 23.3. The molecule has 2 aromatic rings. The Labute approximate surface area is 220 Å². The predicted octanol–water partition coefficient (Wildman–Crippen LogP) is 2.67. The summed E-state index contributed by atoms with van der Waals surface area (Å²) in [6, 6.07) is 6.11. The molecule has 2 saturated heterocycles. The van der Waals surface area contributed by atoms with Crippen molar-refractivity contribution in [2.45, 2.75) is 52.1 Å². The number of piperazine rings is 1. The smallest absolute Gasteiger partial charge is 0.230 e. The maximum atomic E-state index is 12.5. The molecule has 1 aromatic heterocycles. The molecule has 0 bridgehead atoms. The molecular weight excluding hydrogens is 472 g/mol. The second kappa shape index (κ2) is 13.6. The number of carbonyl (C=O) groups is 1. The number of aromatic amines is 1. The van der Waals surface area contributed by atoms with E-state index in [1.54, 1.807) is 7.11 Å². The number of hydrogen-bond donors (Lipinski definition) is 1. The van der Waals surface area contributed by atoms with Crippen LogP contribution in [-0.2, 0) is 16.0 Å². The van der Waals surface area contributed by atoms with Gasteiger partial charge in [-0.1, -0.05) is 6.92 Å². The number of amides is 1. The van der Waals surface area contributed by atoms with Crippen LogP contribution in [0.25, 0.3) is 0 Å². The number of aromatic nitrogens is 3. The number of rotatable bonds is 7. The highest BCUT2D eigenvalue weighted by Crippen LogP contribution is 2.35. The second-order valence-corrected chi connectivity index (χ2v) is 9.79. The van der Waals surface area contributed by atoms with E-state index in [2.05, 4.69) is 44.0 Å². The highest BCUT2D eigenvalue weighted by Gasteiger charge is 2.24. The van der Waals surface area contributed by atoms with Crippen molar-refractivity contribution in [3.05, 3.63) is 29.8 Å². The van der Waals surface area contributed by atoms with E-state index >= 15 is 0 Å². The Morgan fingerprint density at radius 1 is 1.08 bits per heavy atom. The predicted molar refractivity (Wildman–Crippen MR) is 142 cm³/mol. The second-order valence-electron chi connectivity index (χ2n) is 9.79. The molecular formula is C27H42N6O4. The first kappa shape index (κ1) is 27.2. The Kier molecular flexibility index (Phi) is 10.0. The molecule has 1 amide bonds. The Morgan fingerprint density at radius 2 is 1.81 bits per heavy atom. The van der Waals surface area contributed by atoms with E-state index < -0.39 is 0 Å². The first-order chi connectivity index (χ1) is 18.1. The first-order valence-corrected chi connectivity index (χ1v) is 13.6. The Bertz CT molecular complexity index is 979. The van der Waals surface area contributed by atoms with Crippen LogP contribution in [0.3, 0.4) is 0 Å². The number of anilines is 1. The third-order valence-electron chi connectivity index (χ3n) is 7.24. The molecule has 204 valence electrons. The van der Waals surface area contributed by atoms with E-state index in [9.17, 15) is 4.79 Å². The summed E-state index contributed by atoms with van der Waals surface area (Å²) in [6.45, 7) is 12.2. The van der Waals surface area contributed by atoms with Crippen LogP contribution >= 0.6 is 0 Å². The fraction of sp³-hybridized carbons (Fsp3) is 0.667. The van der Waals surface area contributed by atoms with Crippen LogP contribution in [0.4, 0.5) is 5.69 Å². The fourth-order valence-corrected chi connectivity index (χ4v) is 4.99. The van der Waals surface area contributed by atoms with Crippen molar-refractivity contribution in [2.24, 2.45) is 0 Å². The minimum Gasteiger partial charge on any atom is -0.493 e. The van der Waals surface area contributed by atoms with Gasteiger partial charge in [-0.05, 0) is 51.3 Å². The molecule has 1 aliphatic carbocycles. The van der Waals surface area contributed by atoms with Crippen molar-refractivity contribution in [1.82, 2.24) is 25.0 Å². The molecule has 3 heterocycles. The highest BCUT2D eigenvalue weighted by atomic mass is 16.5. The molecule has 0 atom stereocenters. The maximum Gasteiger partial charge on any atom is 0.230 e. The van der Waals surface area contributed by atoms with Crippen LogP contribution < -0.4 is 14.4 Å². The monoisotopic (exact) mass is 514 g/mol. The van der Waals surface area contributed by atoms with E-state index in [-0.39, 0.29) is 18.4 Å². The van der Waals surface area contributed by atoms with Gasteiger partial charge in [0.2, 0.25) is 5.91 Å². The van der Waals surface area contributed by atoms with Crippen LogP contribution in [0.2, 0.25) is 0 Å². The van der Waals surface area contributed by atoms with Crippen molar-refractivity contribution in [1.29, 1.82) is 0 Å². The Morgan fingerprint density at radius 3 is 2.41 bits per heavy atom. The number of carbonyl (C=O) groups excluding carboxylic acids is 1. The van der Waals surface area contributed by atoms with Gasteiger partial charge in [-0.2, -0.15) is 5.10 Å². The van der Waals surface area contributed by atoms with Crippen molar-refractivity contribution >= 4 is 11.6 Å². The van der Waals surface area contributed by atoms with Gasteiger partial charge in [-0.3, -0.25) is 14.8 Å². The lowest BCUT2D eigenvalue weighted by Gasteiger charge is -2.36. The molecule has 0 spiro atoms. The average Bonchev–Trinajstić information content (AvgIpc) is 3.61. The number of likely N-dealkylation sites (N-methyl/N-ethyl adjacent to an activating group) is 1. The number of methoxy groups -OCH3 is 1. The van der Waals surface area contributed by atoms with Gasteiger partial charge in [-0.15, -0.1) is 0 Å². The van der Waals surface area contributed by atoms with Crippen LogP contribution in [0.5, 0.6) is 11.5 Å². The van der Waals surface area contributed by atoms with Crippen molar-refractivity contribution in [3.8, 4) is 11.5 Å². The molecule has 10 nitrogen and oxygen atoms in total. The lowest BCUT2D eigenvalue weighted by Crippen LogP contribution is -2.49. The van der Waals surface area contributed by atoms with Crippen molar-refractivity contribution in [2.75, 3.05) is 71.0 Å². The summed E-state index contributed by atoms with van der Waals surface area (Å²) in [5.41, 5.74) is 1.11. The zero-order chi connectivity index (χ0) is 26.0. The topological polar surface area (TPSA) is 96.1 Å². The summed E-state index contributed by atoms with van der Waals surface area (Å²) in [6.07, 6.45) is 5.21. The maximum absolute atomic E-state index is 12.5. The average molecular weight is 515 g/mol.